The molecular weight excluding hydrogens is 1380 g/mol. The lowest BCUT2D eigenvalue weighted by Crippen LogP contribution is -2.52. The smallest absolute Gasteiger partial charge is 0.202 e. The van der Waals surface area contributed by atoms with Crippen molar-refractivity contribution in [2.75, 3.05) is 97.4 Å². The Kier molecular flexibility index (Phi) is 20.3. The van der Waals surface area contributed by atoms with Crippen molar-refractivity contribution in [1.82, 2.24) is 75.4 Å². The van der Waals surface area contributed by atoms with Crippen LogP contribution in [0.25, 0.3) is 22.4 Å². The van der Waals surface area contributed by atoms with Crippen molar-refractivity contribution in [2.24, 2.45) is 54.2 Å². The Bertz CT molecular complexity index is 4720. The first kappa shape index (κ1) is 72.2. The number of pyridine rings is 1. The maximum absolute atomic E-state index is 14.6. The molecule has 0 bridgehead atoms. The molecule has 1 aliphatic carbocycles. The first-order chi connectivity index (χ1) is 50.0. The maximum Gasteiger partial charge on any atom is 0.202 e. The molecule has 5 fully saturated rings. The molecular formula is C73H91Cl3FN27. The van der Waals surface area contributed by atoms with Gasteiger partial charge in [-0.1, -0.05) is 60.8 Å². The van der Waals surface area contributed by atoms with Crippen molar-refractivity contribution in [3.05, 3.63) is 145 Å². The number of anilines is 5. The van der Waals surface area contributed by atoms with Gasteiger partial charge in [0.05, 0.1) is 112 Å². The molecule has 27 nitrogen and oxygen atoms in total. The van der Waals surface area contributed by atoms with Crippen molar-refractivity contribution >= 4 is 92.2 Å². The molecule has 0 amide bonds. The molecule has 8 aliphatic rings. The van der Waals surface area contributed by atoms with Crippen LogP contribution in [-0.4, -0.2) is 182 Å². The first-order valence-corrected chi connectivity index (χ1v) is 37.0. The van der Waals surface area contributed by atoms with Crippen molar-refractivity contribution in [3.63, 3.8) is 0 Å². The number of halogens is 4. The topological polar surface area (TPSA) is 368 Å². The van der Waals surface area contributed by atoms with Crippen LogP contribution in [0.15, 0.2) is 82.6 Å². The highest BCUT2D eigenvalue weighted by atomic mass is 35.5. The lowest BCUT2D eigenvalue weighted by molar-refractivity contribution is 0.110. The number of aromatic nitrogens is 15. The van der Waals surface area contributed by atoms with Crippen molar-refractivity contribution in [1.29, 1.82) is 0 Å². The lowest BCUT2D eigenvalue weighted by Gasteiger charge is -2.43. The number of aromatic amines is 3. The number of aliphatic imine (C=N–C) groups is 3. The molecule has 1 saturated carbocycles. The summed E-state index contributed by atoms with van der Waals surface area (Å²) in [6.07, 6.45) is 22.0. The fourth-order valence-corrected chi connectivity index (χ4v) is 15.8. The average Bonchev–Trinajstić information content (AvgIpc) is 1.58. The Labute approximate surface area is 619 Å². The van der Waals surface area contributed by atoms with Crippen molar-refractivity contribution < 1.29 is 4.39 Å². The highest BCUT2D eigenvalue weighted by molar-refractivity contribution is 6.44. The summed E-state index contributed by atoms with van der Waals surface area (Å²) >= 11 is 19.0. The normalized spacial score (nSPS) is 21.0. The highest BCUT2D eigenvalue weighted by Crippen LogP contribution is 2.52. The zero-order valence-electron chi connectivity index (χ0n) is 60.0. The largest absolute Gasteiger partial charge is 0.372 e. The number of rotatable bonds is 11. The van der Waals surface area contributed by atoms with Gasteiger partial charge in [0.15, 0.2) is 0 Å². The number of piperidine rings is 4. The van der Waals surface area contributed by atoms with Gasteiger partial charge >= 0.3 is 0 Å². The van der Waals surface area contributed by atoms with E-state index in [1.54, 1.807) is 44.8 Å². The molecule has 2 unspecified atom stereocenters. The quantitative estimate of drug-likeness (QED) is 0.0597. The van der Waals surface area contributed by atoms with Gasteiger partial charge in [0.1, 0.15) is 57.4 Å². The molecule has 4 saturated heterocycles. The summed E-state index contributed by atoms with van der Waals surface area (Å²) in [5, 5.41) is 25.8. The number of nitrogens with one attached hydrogen (secondary N) is 4. The lowest BCUT2D eigenvalue weighted by atomic mass is 9.73. The molecule has 7 aliphatic heterocycles. The number of aryl methyl sites for hydroxylation is 2. The van der Waals surface area contributed by atoms with E-state index in [2.05, 4.69) is 116 Å². The van der Waals surface area contributed by atoms with Crippen LogP contribution in [0.3, 0.4) is 0 Å². The minimum Gasteiger partial charge on any atom is -0.372 e. The summed E-state index contributed by atoms with van der Waals surface area (Å²) < 4.78 is 14.6. The van der Waals surface area contributed by atoms with Crippen molar-refractivity contribution in [3.8, 4) is 11.3 Å². The maximum atomic E-state index is 14.6. The van der Waals surface area contributed by atoms with Crippen LogP contribution in [0.1, 0.15) is 154 Å². The van der Waals surface area contributed by atoms with E-state index in [0.29, 0.717) is 63.8 Å². The van der Waals surface area contributed by atoms with Gasteiger partial charge in [0.25, 0.3) is 0 Å². The molecule has 12 N–H and O–H groups in total. The summed E-state index contributed by atoms with van der Waals surface area (Å²) in [5.41, 5.74) is 38.7. The van der Waals surface area contributed by atoms with E-state index < -0.39 is 11.7 Å². The Morgan fingerprint density at radius 2 is 0.981 bits per heavy atom. The second kappa shape index (κ2) is 29.3. The van der Waals surface area contributed by atoms with E-state index in [0.717, 1.165) is 231 Å². The number of nitrogens with two attached hydrogens (primary N) is 4. The fourth-order valence-electron chi connectivity index (χ4n) is 15.2. The fraction of sp³-hybridized carbons (Fsp3) is 0.493. The van der Waals surface area contributed by atoms with E-state index in [-0.39, 0.29) is 21.8 Å². The number of nitrogens with zero attached hydrogens (tertiary/aromatic N) is 19. The van der Waals surface area contributed by atoms with E-state index >= 15 is 0 Å². The first-order valence-electron chi connectivity index (χ1n) is 35.8. The van der Waals surface area contributed by atoms with E-state index in [1.807, 2.05) is 50.6 Å². The van der Waals surface area contributed by atoms with Gasteiger partial charge in [-0.05, 0) is 133 Å². The van der Waals surface area contributed by atoms with Crippen LogP contribution in [0.4, 0.5) is 33.5 Å². The zero-order valence-corrected chi connectivity index (χ0v) is 62.3. The Hall–Kier alpha value is -8.77. The molecule has 9 aromatic rings. The average molecular weight is 1470 g/mol. The second-order valence-corrected chi connectivity index (χ2v) is 31.2. The molecule has 15 heterocycles. The summed E-state index contributed by atoms with van der Waals surface area (Å²) in [7, 11) is 1.79. The molecule has 31 heteroatoms. The molecule has 17 rings (SSSR count). The van der Waals surface area contributed by atoms with Gasteiger partial charge in [-0.15, -0.1) is 0 Å². The number of fused-ring (bicyclic) bond motifs is 4. The molecule has 1 spiro atoms. The number of hydrogen-bond acceptors (Lipinski definition) is 24. The minimum absolute atomic E-state index is 0.0598. The standard InChI is InChI=1S/C21H23Cl2FN6.C19H24ClN7.C17H23N7.C16H21N7/c1-20(24)5-6-21(19(20)25)7-9-30(10-8-21)14-11-26-17-16(28-29-18(17)27-14)12-3-2-4-13(22)15(12)23;1-19(11-21)4-7-27(8-5-19)14-10-25-17-13(26-14)9-24-16(17)12-3-6-23-18(22-2)15(12)20;1-11-12(7-21-23-11)15-16-13(8-19-15)22-14(9-20-16)24-5-3-17(2,10-18)4-6-24;1-10-11(7-20-22-10)14-15-12(8-18-14)21-13(9-19-15)23-5-3-16(2,17)4-6-23/h2-4,11,19H,5-10,25H2,1H3,(H,27,28,29);3,6,10H,4-5,7-9,11,21H2,1-2H3,(H,22,23);7,9H,3-6,8,10,18H2,1-2H3,(H,21,23);7,9H,3-6,8,17H2,1-2H3,(H,20,22). The van der Waals surface area contributed by atoms with Crippen molar-refractivity contribution in [2.45, 2.75) is 143 Å². The molecule has 546 valence electrons. The number of benzene rings is 1. The van der Waals surface area contributed by atoms with Gasteiger partial charge in [-0.2, -0.15) is 15.3 Å². The molecule has 2 atom stereocenters. The van der Waals surface area contributed by atoms with Gasteiger partial charge in [0.2, 0.25) is 5.65 Å². The zero-order chi connectivity index (χ0) is 72.9. The summed E-state index contributed by atoms with van der Waals surface area (Å²) in [6.45, 7) is 22.7. The third kappa shape index (κ3) is 14.5. The molecule has 8 aromatic heterocycles. The third-order valence-electron chi connectivity index (χ3n) is 22.7. The highest BCUT2D eigenvalue weighted by Gasteiger charge is 2.54. The summed E-state index contributed by atoms with van der Waals surface area (Å²) in [6, 6.07) is 6.89. The van der Waals surface area contributed by atoms with Gasteiger partial charge < -0.3 is 47.9 Å². The number of hydrogen-bond donors (Lipinski definition) is 8. The molecule has 1 aromatic carbocycles. The predicted molar refractivity (Wildman–Crippen MR) is 409 cm³/mol. The Morgan fingerprint density at radius 1 is 0.529 bits per heavy atom. The predicted octanol–water partition coefficient (Wildman–Crippen LogP) is 9.85. The van der Waals surface area contributed by atoms with E-state index in [4.69, 9.17) is 77.7 Å². The van der Waals surface area contributed by atoms with Crippen LogP contribution in [0, 0.1) is 30.1 Å². The Balaban J connectivity index is 0.000000118. The van der Waals surface area contributed by atoms with E-state index in [9.17, 15) is 4.39 Å². The van der Waals surface area contributed by atoms with Gasteiger partial charge in [-0.3, -0.25) is 30.3 Å². The summed E-state index contributed by atoms with van der Waals surface area (Å²) in [4.78, 5) is 64.9. The molecule has 0 radical (unpaired) electrons. The van der Waals surface area contributed by atoms with Crippen LogP contribution in [0.5, 0.6) is 0 Å². The monoisotopic (exact) mass is 1470 g/mol. The molecule has 104 heavy (non-hydrogen) atoms. The van der Waals surface area contributed by atoms with Gasteiger partial charge in [0, 0.05) is 111 Å². The van der Waals surface area contributed by atoms with Crippen LogP contribution >= 0.6 is 34.8 Å². The number of H-pyrrole nitrogens is 3. The SMILES string of the molecule is CC1(F)CCC2(CCN(c3cnc4c(-c5cccc(Cl)c5Cl)[nH]nc4n3)CC2)C1N.CNc1nccc(C2=NCc3nc(N4CCC(C)(CN)CC4)cnc32)c1Cl.Cc1[nH]ncc1C1=NCc2nc(N3CCC(C)(CN)CC3)cnc21.Cc1[nH]ncc1C1=NCc2nc(N3CCC(C)(N)CC3)cnc21. The Morgan fingerprint density at radius 3 is 1.42 bits per heavy atom. The number of alkyl halides is 1. The third-order valence-corrected chi connectivity index (χ3v) is 23.9. The van der Waals surface area contributed by atoms with Crippen LogP contribution in [0.2, 0.25) is 15.1 Å². The summed E-state index contributed by atoms with van der Waals surface area (Å²) in [5.74, 6) is 4.20. The van der Waals surface area contributed by atoms with Crippen LogP contribution in [-0.2, 0) is 19.6 Å². The van der Waals surface area contributed by atoms with Crippen LogP contribution < -0.4 is 47.9 Å². The second-order valence-electron chi connectivity index (χ2n) is 30.0. The minimum atomic E-state index is -1.27. The van der Waals surface area contributed by atoms with E-state index in [1.165, 1.54) is 0 Å². The van der Waals surface area contributed by atoms with Gasteiger partial charge in [-0.25, -0.2) is 49.2 Å².